The molecule has 0 radical (unpaired) electrons. The topological polar surface area (TPSA) is 35.2 Å². The Morgan fingerprint density at radius 1 is 1.45 bits per heavy atom. The van der Waals surface area contributed by atoms with Gasteiger partial charge in [0.1, 0.15) is 6.04 Å². The summed E-state index contributed by atoms with van der Waals surface area (Å²) in [5.74, 6) is 0. The lowest BCUT2D eigenvalue weighted by molar-refractivity contribution is -0.157. The van der Waals surface area contributed by atoms with Crippen LogP contribution in [0.4, 0.5) is 13.2 Å². The summed E-state index contributed by atoms with van der Waals surface area (Å²) in [7, 11) is 1.17. The van der Waals surface area contributed by atoms with Gasteiger partial charge in [-0.3, -0.25) is 0 Å². The third kappa shape index (κ3) is 7.16. The third-order valence-electron chi connectivity index (χ3n) is 0.767. The number of hydrogen-bond donors (Lipinski definition) is 1. The maximum atomic E-state index is 11.4. The van der Waals surface area contributed by atoms with E-state index in [1.807, 2.05) is 0 Å². The molecule has 0 rings (SSSR count). The summed E-state index contributed by atoms with van der Waals surface area (Å²) >= 11 is 0. The molecule has 0 amide bonds. The van der Waals surface area contributed by atoms with E-state index >= 15 is 0 Å². The van der Waals surface area contributed by atoms with Crippen molar-refractivity contribution in [2.24, 2.45) is 5.73 Å². The van der Waals surface area contributed by atoms with Gasteiger partial charge in [-0.25, -0.2) is 0 Å². The fourth-order valence-electron chi connectivity index (χ4n) is 0.274. The van der Waals surface area contributed by atoms with Gasteiger partial charge in [-0.15, -0.1) is 12.8 Å². The standard InChI is InChI=1S/C4H8F3NO.C2H2/c1-9-2-3(8)4(5,6)7;1-2/h3H,2,8H2,1H3;1-2H. The van der Waals surface area contributed by atoms with Gasteiger partial charge >= 0.3 is 6.18 Å². The molecule has 1 atom stereocenters. The van der Waals surface area contributed by atoms with Gasteiger partial charge in [0.2, 0.25) is 0 Å². The number of alkyl halides is 3. The van der Waals surface area contributed by atoms with Gasteiger partial charge in [-0.05, 0) is 0 Å². The summed E-state index contributed by atoms with van der Waals surface area (Å²) in [6, 6.07) is -1.86. The number of rotatable bonds is 2. The van der Waals surface area contributed by atoms with E-state index in [-0.39, 0.29) is 0 Å². The molecule has 5 heteroatoms. The monoisotopic (exact) mass is 169 g/mol. The number of halogens is 3. The second kappa shape index (κ2) is 6.01. The molecule has 1 unspecified atom stereocenters. The molecule has 0 aromatic carbocycles. The second-order valence-electron chi connectivity index (χ2n) is 1.60. The van der Waals surface area contributed by atoms with Gasteiger partial charge in [0.25, 0.3) is 0 Å². The molecule has 0 bridgehead atoms. The van der Waals surface area contributed by atoms with Crippen molar-refractivity contribution in [1.82, 2.24) is 0 Å². The molecular weight excluding hydrogens is 159 g/mol. The number of methoxy groups -OCH3 is 1. The highest BCUT2D eigenvalue weighted by atomic mass is 19.4. The Labute approximate surface area is 63.5 Å². The van der Waals surface area contributed by atoms with E-state index in [1.54, 1.807) is 0 Å². The molecule has 0 aromatic rings. The van der Waals surface area contributed by atoms with Crippen molar-refractivity contribution >= 4 is 0 Å². The SMILES string of the molecule is C#C.COCC(N)C(F)(F)F. The van der Waals surface area contributed by atoms with Crippen LogP contribution < -0.4 is 5.73 Å². The van der Waals surface area contributed by atoms with Crippen LogP contribution in [0.5, 0.6) is 0 Å². The van der Waals surface area contributed by atoms with Gasteiger partial charge < -0.3 is 10.5 Å². The van der Waals surface area contributed by atoms with Crippen molar-refractivity contribution in [3.8, 4) is 12.8 Å². The van der Waals surface area contributed by atoms with Crippen LogP contribution in [0, 0.1) is 12.8 Å². The molecule has 0 aliphatic heterocycles. The van der Waals surface area contributed by atoms with Crippen LogP contribution in [0.15, 0.2) is 0 Å². The van der Waals surface area contributed by atoms with E-state index in [4.69, 9.17) is 0 Å². The van der Waals surface area contributed by atoms with Crippen LogP contribution in [-0.2, 0) is 4.74 Å². The molecule has 2 N–H and O–H groups in total. The van der Waals surface area contributed by atoms with Crippen molar-refractivity contribution in [3.05, 3.63) is 0 Å². The average molecular weight is 169 g/mol. The van der Waals surface area contributed by atoms with E-state index in [9.17, 15) is 13.2 Å². The smallest absolute Gasteiger partial charge is 0.383 e. The van der Waals surface area contributed by atoms with Crippen LogP contribution in [0.3, 0.4) is 0 Å². The average Bonchev–Trinajstić information content (AvgIpc) is 1.91. The predicted molar refractivity (Wildman–Crippen MR) is 35.8 cm³/mol. The zero-order chi connectivity index (χ0) is 9.49. The fraction of sp³-hybridized carbons (Fsp3) is 0.667. The Hall–Kier alpha value is -0.730. The highest BCUT2D eigenvalue weighted by Gasteiger charge is 2.36. The van der Waals surface area contributed by atoms with Crippen molar-refractivity contribution < 1.29 is 17.9 Å². The first-order chi connectivity index (χ1) is 4.98. The minimum atomic E-state index is -4.34. The van der Waals surface area contributed by atoms with E-state index < -0.39 is 18.8 Å². The lowest BCUT2D eigenvalue weighted by atomic mass is 10.3. The molecule has 0 aromatic heterocycles. The summed E-state index contributed by atoms with van der Waals surface area (Å²) in [5.41, 5.74) is 4.61. The van der Waals surface area contributed by atoms with Gasteiger partial charge in [0.15, 0.2) is 0 Å². The van der Waals surface area contributed by atoms with Gasteiger partial charge in [0, 0.05) is 7.11 Å². The van der Waals surface area contributed by atoms with E-state index in [2.05, 4.69) is 23.3 Å². The largest absolute Gasteiger partial charge is 0.405 e. The van der Waals surface area contributed by atoms with Crippen molar-refractivity contribution in [2.45, 2.75) is 12.2 Å². The van der Waals surface area contributed by atoms with E-state index in [0.717, 1.165) is 0 Å². The first-order valence-electron chi connectivity index (χ1n) is 2.63. The number of ether oxygens (including phenoxy) is 1. The Balaban J connectivity index is 0. The molecule has 0 aliphatic rings. The molecule has 2 nitrogen and oxygen atoms in total. The molecular formula is C6H10F3NO. The maximum Gasteiger partial charge on any atom is 0.405 e. The zero-order valence-electron chi connectivity index (χ0n) is 6.06. The van der Waals surface area contributed by atoms with E-state index in [1.165, 1.54) is 7.11 Å². The summed E-state index contributed by atoms with van der Waals surface area (Å²) < 4.78 is 38.5. The van der Waals surface area contributed by atoms with Crippen LogP contribution >= 0.6 is 0 Å². The minimum Gasteiger partial charge on any atom is -0.383 e. The summed E-state index contributed by atoms with van der Waals surface area (Å²) in [6.45, 7) is -0.483. The molecule has 11 heavy (non-hydrogen) atoms. The fourth-order valence-corrected chi connectivity index (χ4v) is 0.274. The maximum absolute atomic E-state index is 11.4. The highest BCUT2D eigenvalue weighted by Crippen LogP contribution is 2.17. The highest BCUT2D eigenvalue weighted by molar-refractivity contribution is 4.68. The summed E-state index contributed by atoms with van der Waals surface area (Å²) in [4.78, 5) is 0. The summed E-state index contributed by atoms with van der Waals surface area (Å²) in [5, 5.41) is 0. The Morgan fingerprint density at radius 3 is 1.91 bits per heavy atom. The van der Waals surface area contributed by atoms with Crippen molar-refractivity contribution in [2.75, 3.05) is 13.7 Å². The Bertz CT molecular complexity index is 110. The summed E-state index contributed by atoms with van der Waals surface area (Å²) in [6.07, 6.45) is 3.66. The van der Waals surface area contributed by atoms with Crippen molar-refractivity contribution in [1.29, 1.82) is 0 Å². The van der Waals surface area contributed by atoms with Gasteiger partial charge in [0.05, 0.1) is 6.61 Å². The van der Waals surface area contributed by atoms with Gasteiger partial charge in [-0.1, -0.05) is 0 Å². The number of terminal acetylenes is 1. The number of hydrogen-bond acceptors (Lipinski definition) is 2. The van der Waals surface area contributed by atoms with Gasteiger partial charge in [-0.2, -0.15) is 13.2 Å². The predicted octanol–water partition coefficient (Wildman–Crippen LogP) is 0.772. The quantitative estimate of drug-likeness (QED) is 0.620. The lowest BCUT2D eigenvalue weighted by Crippen LogP contribution is -2.40. The Morgan fingerprint density at radius 2 is 1.82 bits per heavy atom. The van der Waals surface area contributed by atoms with Crippen molar-refractivity contribution in [3.63, 3.8) is 0 Å². The third-order valence-corrected chi connectivity index (χ3v) is 0.767. The zero-order valence-corrected chi connectivity index (χ0v) is 6.06. The molecule has 66 valence electrons. The lowest BCUT2D eigenvalue weighted by Gasteiger charge is -2.13. The minimum absolute atomic E-state index is 0.483. The first-order valence-corrected chi connectivity index (χ1v) is 2.63. The molecule has 0 saturated carbocycles. The Kier molecular flexibility index (Phi) is 7.05. The van der Waals surface area contributed by atoms with E-state index in [0.29, 0.717) is 0 Å². The molecule has 0 aliphatic carbocycles. The second-order valence-corrected chi connectivity index (χ2v) is 1.60. The van der Waals surface area contributed by atoms with Crippen LogP contribution in [-0.4, -0.2) is 25.9 Å². The molecule has 0 saturated heterocycles. The molecule has 0 fully saturated rings. The van der Waals surface area contributed by atoms with Crippen LogP contribution in [0.1, 0.15) is 0 Å². The van der Waals surface area contributed by atoms with Crippen LogP contribution in [0.2, 0.25) is 0 Å². The normalized spacial score (nSPS) is 13.0. The molecule has 0 spiro atoms. The first kappa shape index (κ1) is 12.9. The van der Waals surface area contributed by atoms with Crippen LogP contribution in [0.25, 0.3) is 0 Å². The molecule has 0 heterocycles. The number of nitrogens with two attached hydrogens (primary N) is 1.